The van der Waals surface area contributed by atoms with Crippen LogP contribution in [0.25, 0.3) is 0 Å². The normalized spacial score (nSPS) is 32.9. The molecule has 2 fully saturated rings. The van der Waals surface area contributed by atoms with Crippen molar-refractivity contribution < 1.29 is 14.7 Å². The van der Waals surface area contributed by atoms with Crippen molar-refractivity contribution in [2.75, 3.05) is 6.54 Å². The van der Waals surface area contributed by atoms with Gasteiger partial charge in [-0.2, -0.15) is 0 Å². The average Bonchev–Trinajstić information content (AvgIpc) is 2.74. The third-order valence-electron chi connectivity index (χ3n) is 3.76. The van der Waals surface area contributed by atoms with E-state index in [4.69, 9.17) is 5.11 Å². The average molecular weight is 211 g/mol. The second-order valence-electron chi connectivity index (χ2n) is 4.81. The van der Waals surface area contributed by atoms with Gasteiger partial charge in [0.15, 0.2) is 0 Å². The van der Waals surface area contributed by atoms with E-state index in [9.17, 15) is 9.59 Å². The standard InChI is InChI=1S/C11H17NO3/c13-10(5-11(14)15)12-6-9-4-7-1-2-8(9)3-7/h7-9H,1-6H2,(H,12,13)(H,14,15). The van der Waals surface area contributed by atoms with Crippen LogP contribution in [0, 0.1) is 17.8 Å². The summed E-state index contributed by atoms with van der Waals surface area (Å²) in [6, 6.07) is 0. The Balaban J connectivity index is 1.70. The van der Waals surface area contributed by atoms with Crippen LogP contribution in [0.4, 0.5) is 0 Å². The molecule has 4 nitrogen and oxygen atoms in total. The van der Waals surface area contributed by atoms with Crippen molar-refractivity contribution in [3.05, 3.63) is 0 Å². The molecule has 0 saturated heterocycles. The molecular weight excluding hydrogens is 194 g/mol. The zero-order chi connectivity index (χ0) is 10.8. The molecule has 0 aromatic heterocycles. The fourth-order valence-corrected chi connectivity index (χ4v) is 3.07. The Bertz CT molecular complexity index is 277. The van der Waals surface area contributed by atoms with E-state index < -0.39 is 12.4 Å². The molecule has 1 amide bonds. The summed E-state index contributed by atoms with van der Waals surface area (Å²) in [5, 5.41) is 11.1. The Morgan fingerprint density at radius 2 is 2.07 bits per heavy atom. The zero-order valence-corrected chi connectivity index (χ0v) is 8.74. The van der Waals surface area contributed by atoms with Crippen LogP contribution in [-0.2, 0) is 9.59 Å². The topological polar surface area (TPSA) is 66.4 Å². The number of carboxylic acids is 1. The summed E-state index contributed by atoms with van der Waals surface area (Å²) >= 11 is 0. The fraction of sp³-hybridized carbons (Fsp3) is 0.818. The number of hydrogen-bond donors (Lipinski definition) is 2. The summed E-state index contributed by atoms with van der Waals surface area (Å²) in [6.07, 6.45) is 4.78. The number of carbonyl (C=O) groups is 2. The van der Waals surface area contributed by atoms with E-state index in [0.29, 0.717) is 12.5 Å². The second-order valence-corrected chi connectivity index (χ2v) is 4.81. The van der Waals surface area contributed by atoms with Gasteiger partial charge in [-0.25, -0.2) is 0 Å². The summed E-state index contributed by atoms with van der Waals surface area (Å²) in [5.41, 5.74) is 0. The largest absolute Gasteiger partial charge is 0.481 e. The third-order valence-corrected chi connectivity index (χ3v) is 3.76. The van der Waals surface area contributed by atoms with Crippen molar-refractivity contribution >= 4 is 11.9 Å². The first kappa shape index (κ1) is 10.5. The summed E-state index contributed by atoms with van der Waals surface area (Å²) in [7, 11) is 0. The molecule has 2 rings (SSSR count). The Kier molecular flexibility index (Phi) is 2.93. The Morgan fingerprint density at radius 3 is 2.60 bits per heavy atom. The first-order valence-corrected chi connectivity index (χ1v) is 5.63. The van der Waals surface area contributed by atoms with Gasteiger partial charge < -0.3 is 10.4 Å². The second kappa shape index (κ2) is 4.21. The summed E-state index contributed by atoms with van der Waals surface area (Å²) in [5.74, 6) is 0.837. The maximum atomic E-state index is 11.1. The predicted molar refractivity (Wildman–Crippen MR) is 54.2 cm³/mol. The van der Waals surface area contributed by atoms with Crippen molar-refractivity contribution in [2.24, 2.45) is 17.8 Å². The van der Waals surface area contributed by atoms with E-state index in [0.717, 1.165) is 11.8 Å². The molecule has 0 aliphatic heterocycles. The highest BCUT2D eigenvalue weighted by atomic mass is 16.4. The SMILES string of the molecule is O=C(O)CC(=O)NCC1CC2CCC1C2. The lowest BCUT2D eigenvalue weighted by atomic mass is 9.89. The number of hydrogen-bond acceptors (Lipinski definition) is 2. The van der Waals surface area contributed by atoms with Crippen molar-refractivity contribution in [2.45, 2.75) is 32.1 Å². The van der Waals surface area contributed by atoms with Crippen molar-refractivity contribution in [3.8, 4) is 0 Å². The van der Waals surface area contributed by atoms with Crippen LogP contribution in [0.1, 0.15) is 32.1 Å². The van der Waals surface area contributed by atoms with Crippen LogP contribution in [0.2, 0.25) is 0 Å². The monoisotopic (exact) mass is 211 g/mol. The van der Waals surface area contributed by atoms with E-state index in [-0.39, 0.29) is 5.91 Å². The number of carboxylic acid groups (broad SMARTS) is 1. The molecule has 2 aliphatic carbocycles. The minimum Gasteiger partial charge on any atom is -0.481 e. The van der Waals surface area contributed by atoms with Crippen LogP contribution in [0.3, 0.4) is 0 Å². The molecule has 0 radical (unpaired) electrons. The zero-order valence-electron chi connectivity index (χ0n) is 8.74. The molecule has 84 valence electrons. The molecule has 0 aromatic rings. The molecule has 2 saturated carbocycles. The number of carbonyl (C=O) groups excluding carboxylic acids is 1. The Hall–Kier alpha value is -1.06. The van der Waals surface area contributed by atoms with Gasteiger partial charge in [-0.15, -0.1) is 0 Å². The minimum atomic E-state index is -1.06. The van der Waals surface area contributed by atoms with Crippen LogP contribution in [-0.4, -0.2) is 23.5 Å². The van der Waals surface area contributed by atoms with E-state index in [1.807, 2.05) is 0 Å². The molecule has 0 aromatic carbocycles. The lowest BCUT2D eigenvalue weighted by Gasteiger charge is -2.21. The molecule has 0 spiro atoms. The molecule has 15 heavy (non-hydrogen) atoms. The molecular formula is C11H17NO3. The maximum Gasteiger partial charge on any atom is 0.312 e. The minimum absolute atomic E-state index is 0.356. The van der Waals surface area contributed by atoms with Gasteiger partial charge in [-0.3, -0.25) is 9.59 Å². The number of aliphatic carboxylic acids is 1. The van der Waals surface area contributed by atoms with Gasteiger partial charge in [0.05, 0.1) is 0 Å². The Morgan fingerprint density at radius 1 is 1.27 bits per heavy atom. The van der Waals surface area contributed by atoms with Gasteiger partial charge in [0.25, 0.3) is 0 Å². The third kappa shape index (κ3) is 2.49. The summed E-state index contributed by atoms with van der Waals surface area (Å²) < 4.78 is 0. The molecule has 2 bridgehead atoms. The number of amides is 1. The van der Waals surface area contributed by atoms with E-state index in [2.05, 4.69) is 5.32 Å². The van der Waals surface area contributed by atoms with Gasteiger partial charge in [-0.1, -0.05) is 6.42 Å². The molecule has 4 heteroatoms. The lowest BCUT2D eigenvalue weighted by Crippen LogP contribution is -2.32. The van der Waals surface area contributed by atoms with Gasteiger partial charge in [0, 0.05) is 6.54 Å². The quantitative estimate of drug-likeness (QED) is 0.682. The van der Waals surface area contributed by atoms with Gasteiger partial charge >= 0.3 is 5.97 Å². The first-order valence-electron chi connectivity index (χ1n) is 5.63. The van der Waals surface area contributed by atoms with Crippen molar-refractivity contribution in [3.63, 3.8) is 0 Å². The maximum absolute atomic E-state index is 11.1. The summed E-state index contributed by atoms with van der Waals surface area (Å²) in [6.45, 7) is 0.674. The smallest absolute Gasteiger partial charge is 0.312 e. The fourth-order valence-electron chi connectivity index (χ4n) is 3.07. The Labute approximate surface area is 89.0 Å². The predicted octanol–water partition coefficient (Wildman–Crippen LogP) is 1.01. The lowest BCUT2D eigenvalue weighted by molar-refractivity contribution is -0.140. The van der Waals surface area contributed by atoms with Crippen LogP contribution >= 0.6 is 0 Å². The molecule has 3 unspecified atom stereocenters. The van der Waals surface area contributed by atoms with Gasteiger partial charge in [0.2, 0.25) is 5.91 Å². The van der Waals surface area contributed by atoms with Gasteiger partial charge in [0.1, 0.15) is 6.42 Å². The molecule has 2 aliphatic rings. The van der Waals surface area contributed by atoms with Crippen molar-refractivity contribution in [1.29, 1.82) is 0 Å². The van der Waals surface area contributed by atoms with Gasteiger partial charge in [-0.05, 0) is 37.0 Å². The van der Waals surface area contributed by atoms with Crippen LogP contribution < -0.4 is 5.32 Å². The van der Waals surface area contributed by atoms with E-state index in [1.54, 1.807) is 0 Å². The summed E-state index contributed by atoms with van der Waals surface area (Å²) in [4.78, 5) is 21.4. The number of fused-ring (bicyclic) bond motifs is 2. The molecule has 0 heterocycles. The van der Waals surface area contributed by atoms with E-state index in [1.165, 1.54) is 25.7 Å². The highest BCUT2D eigenvalue weighted by Crippen LogP contribution is 2.47. The number of nitrogens with one attached hydrogen (secondary N) is 1. The highest BCUT2D eigenvalue weighted by Gasteiger charge is 2.39. The highest BCUT2D eigenvalue weighted by molar-refractivity contribution is 5.93. The van der Waals surface area contributed by atoms with Crippen LogP contribution in [0.15, 0.2) is 0 Å². The number of rotatable bonds is 4. The van der Waals surface area contributed by atoms with Crippen LogP contribution in [0.5, 0.6) is 0 Å². The molecule has 3 atom stereocenters. The van der Waals surface area contributed by atoms with Crippen molar-refractivity contribution in [1.82, 2.24) is 5.32 Å². The first-order chi connectivity index (χ1) is 7.15. The molecule has 2 N–H and O–H groups in total. The van der Waals surface area contributed by atoms with E-state index >= 15 is 0 Å².